The zero-order chi connectivity index (χ0) is 13.9. The summed E-state index contributed by atoms with van der Waals surface area (Å²) in [6.07, 6.45) is 2.10. The molecule has 0 fully saturated rings. The summed E-state index contributed by atoms with van der Waals surface area (Å²) in [5.41, 5.74) is 3.46. The van der Waals surface area contributed by atoms with Gasteiger partial charge in [0.05, 0.1) is 0 Å². The summed E-state index contributed by atoms with van der Waals surface area (Å²) >= 11 is 0. The number of nitrogens with one attached hydrogen (secondary N) is 1. The highest BCUT2D eigenvalue weighted by Gasteiger charge is 2.17. The molecule has 1 N–H and O–H groups in total. The number of aryl methyl sites for hydroxylation is 1. The first-order valence-corrected chi connectivity index (χ1v) is 7.02. The van der Waals surface area contributed by atoms with Crippen molar-refractivity contribution in [2.45, 2.75) is 26.3 Å². The Morgan fingerprint density at radius 3 is 2.55 bits per heavy atom. The Bertz CT molecular complexity index is 713. The van der Waals surface area contributed by atoms with Gasteiger partial charge < -0.3 is 0 Å². The van der Waals surface area contributed by atoms with Crippen LogP contribution in [-0.2, 0) is 13.0 Å². The minimum atomic E-state index is -0.188. The Kier molecular flexibility index (Phi) is 3.50. The van der Waals surface area contributed by atoms with Gasteiger partial charge in [-0.3, -0.25) is 0 Å². The van der Waals surface area contributed by atoms with E-state index in [2.05, 4.69) is 28.6 Å². The van der Waals surface area contributed by atoms with E-state index in [1.54, 1.807) is 0 Å². The summed E-state index contributed by atoms with van der Waals surface area (Å²) in [5.74, 6) is 1.03. The fourth-order valence-corrected chi connectivity index (χ4v) is 2.57. The molecule has 0 spiro atoms. The molecule has 0 aliphatic heterocycles. The first-order valence-electron chi connectivity index (χ1n) is 7.02. The third-order valence-corrected chi connectivity index (χ3v) is 3.54. The molecule has 0 bridgehead atoms. The number of rotatable bonds is 4. The number of hydrogen-bond donors (Lipinski definition) is 1. The first kappa shape index (κ1) is 12.9. The quantitative estimate of drug-likeness (QED) is 0.698. The average Bonchev–Trinajstić information content (AvgIpc) is 2.80. The fraction of sp³-hybridized carbons (Fsp3) is 0.235. The maximum atomic E-state index is 13.0. The molecule has 0 saturated carbocycles. The van der Waals surface area contributed by atoms with Gasteiger partial charge in [-0.15, -0.1) is 0 Å². The van der Waals surface area contributed by atoms with Crippen LogP contribution in [0.3, 0.4) is 0 Å². The van der Waals surface area contributed by atoms with Crippen molar-refractivity contribution in [3.63, 3.8) is 0 Å². The van der Waals surface area contributed by atoms with Crippen molar-refractivity contribution in [2.24, 2.45) is 0 Å². The van der Waals surface area contributed by atoms with Crippen LogP contribution >= 0.6 is 0 Å². The lowest BCUT2D eigenvalue weighted by atomic mass is 10.2. The van der Waals surface area contributed by atoms with Gasteiger partial charge in [0.2, 0.25) is 0 Å². The molecule has 0 aliphatic carbocycles. The maximum absolute atomic E-state index is 13.0. The average molecular weight is 269 g/mol. The van der Waals surface area contributed by atoms with Crippen LogP contribution in [0.2, 0.25) is 0 Å². The molecule has 0 amide bonds. The number of nitrogens with zero attached hydrogens (tertiary/aromatic N) is 1. The van der Waals surface area contributed by atoms with Gasteiger partial charge in [-0.05, 0) is 36.2 Å². The van der Waals surface area contributed by atoms with Crippen molar-refractivity contribution in [1.82, 2.24) is 4.98 Å². The van der Waals surface area contributed by atoms with Crippen molar-refractivity contribution < 1.29 is 8.96 Å². The van der Waals surface area contributed by atoms with E-state index >= 15 is 0 Å². The van der Waals surface area contributed by atoms with Crippen LogP contribution in [0.4, 0.5) is 4.39 Å². The number of fused-ring (bicyclic) bond motifs is 1. The Balaban J connectivity index is 2.04. The highest BCUT2D eigenvalue weighted by atomic mass is 19.1. The molecule has 2 aromatic carbocycles. The topological polar surface area (TPSA) is 19.7 Å². The van der Waals surface area contributed by atoms with Crippen LogP contribution in [0.15, 0.2) is 48.5 Å². The Hall–Kier alpha value is -2.16. The lowest BCUT2D eigenvalue weighted by Gasteiger charge is -2.02. The molecule has 2 nitrogen and oxygen atoms in total. The minimum Gasteiger partial charge on any atom is -0.241 e. The highest BCUT2D eigenvalue weighted by molar-refractivity contribution is 5.71. The van der Waals surface area contributed by atoms with Crippen LogP contribution < -0.4 is 4.57 Å². The Morgan fingerprint density at radius 1 is 1.05 bits per heavy atom. The molecular weight excluding hydrogens is 251 g/mol. The molecule has 20 heavy (non-hydrogen) atoms. The van der Waals surface area contributed by atoms with E-state index in [1.165, 1.54) is 23.5 Å². The largest absolute Gasteiger partial charge is 0.255 e. The van der Waals surface area contributed by atoms with Crippen LogP contribution in [0.1, 0.15) is 24.7 Å². The Labute approximate surface area is 117 Å². The standard InChI is InChI=1S/C17H17FN2/c1-2-5-17-19-15-6-3-4-7-16(15)20(17)12-13-8-10-14(18)11-9-13/h3-4,6-11H,2,5,12H2,1H3/p+1. The van der Waals surface area contributed by atoms with Gasteiger partial charge >= 0.3 is 0 Å². The number of halogens is 1. The SMILES string of the molecule is CCCc1[nH]c2ccccc2[n+]1Cc1ccc(F)cc1. The van der Waals surface area contributed by atoms with Crippen LogP contribution in [0, 0.1) is 5.82 Å². The van der Waals surface area contributed by atoms with Gasteiger partial charge in [-0.2, -0.15) is 0 Å². The van der Waals surface area contributed by atoms with Crippen molar-refractivity contribution in [1.29, 1.82) is 0 Å². The van der Waals surface area contributed by atoms with E-state index in [0.29, 0.717) is 0 Å². The molecule has 3 rings (SSSR count). The van der Waals surface area contributed by atoms with Gasteiger partial charge in [0.15, 0.2) is 11.0 Å². The van der Waals surface area contributed by atoms with E-state index in [9.17, 15) is 4.39 Å². The summed E-state index contributed by atoms with van der Waals surface area (Å²) in [6, 6.07) is 15.0. The van der Waals surface area contributed by atoms with Crippen LogP contribution in [0.25, 0.3) is 11.0 Å². The molecule has 1 aromatic heterocycles. The van der Waals surface area contributed by atoms with Gasteiger partial charge in [-0.1, -0.05) is 31.2 Å². The molecule has 3 heteroatoms. The van der Waals surface area contributed by atoms with Crippen molar-refractivity contribution in [3.8, 4) is 0 Å². The summed E-state index contributed by atoms with van der Waals surface area (Å²) in [6.45, 7) is 2.94. The second-order valence-electron chi connectivity index (χ2n) is 5.05. The molecule has 0 aliphatic rings. The number of H-pyrrole nitrogens is 1. The van der Waals surface area contributed by atoms with Gasteiger partial charge in [0.1, 0.15) is 12.4 Å². The van der Waals surface area contributed by atoms with E-state index in [-0.39, 0.29) is 5.82 Å². The molecule has 0 saturated heterocycles. The zero-order valence-corrected chi connectivity index (χ0v) is 11.6. The molecule has 0 unspecified atom stereocenters. The monoisotopic (exact) mass is 269 g/mol. The summed E-state index contributed by atoms with van der Waals surface area (Å²) in [5, 5.41) is 0. The smallest absolute Gasteiger partial charge is 0.241 e. The zero-order valence-electron chi connectivity index (χ0n) is 11.6. The lowest BCUT2D eigenvalue weighted by molar-refractivity contribution is -0.670. The molecule has 0 atom stereocenters. The summed E-state index contributed by atoms with van der Waals surface area (Å²) < 4.78 is 15.3. The number of aromatic amines is 1. The predicted molar refractivity (Wildman–Crippen MR) is 78.0 cm³/mol. The third-order valence-electron chi connectivity index (χ3n) is 3.54. The number of imidazole rings is 1. The minimum absolute atomic E-state index is 0.188. The number of para-hydroxylation sites is 2. The number of aromatic nitrogens is 2. The summed E-state index contributed by atoms with van der Waals surface area (Å²) in [4.78, 5) is 3.49. The molecule has 0 radical (unpaired) electrons. The van der Waals surface area contributed by atoms with Crippen LogP contribution in [0.5, 0.6) is 0 Å². The lowest BCUT2D eigenvalue weighted by Crippen LogP contribution is -2.37. The number of hydrogen-bond acceptors (Lipinski definition) is 0. The molecule has 102 valence electrons. The van der Waals surface area contributed by atoms with E-state index in [0.717, 1.165) is 30.5 Å². The fourth-order valence-electron chi connectivity index (χ4n) is 2.57. The Morgan fingerprint density at radius 2 is 1.80 bits per heavy atom. The molecular formula is C17H18FN2+. The van der Waals surface area contributed by atoms with Gasteiger partial charge in [0, 0.05) is 6.42 Å². The van der Waals surface area contributed by atoms with Crippen molar-refractivity contribution in [3.05, 3.63) is 65.7 Å². The number of benzene rings is 2. The van der Waals surface area contributed by atoms with E-state index < -0.39 is 0 Å². The second-order valence-corrected chi connectivity index (χ2v) is 5.05. The van der Waals surface area contributed by atoms with Gasteiger partial charge in [0.25, 0.3) is 5.82 Å². The predicted octanol–water partition coefficient (Wildman–Crippen LogP) is 3.60. The van der Waals surface area contributed by atoms with Crippen molar-refractivity contribution >= 4 is 11.0 Å². The van der Waals surface area contributed by atoms with E-state index in [1.807, 2.05) is 24.3 Å². The van der Waals surface area contributed by atoms with E-state index in [4.69, 9.17) is 0 Å². The molecule has 1 heterocycles. The summed E-state index contributed by atoms with van der Waals surface area (Å²) in [7, 11) is 0. The first-order chi connectivity index (χ1) is 9.78. The van der Waals surface area contributed by atoms with Crippen LogP contribution in [-0.4, -0.2) is 4.98 Å². The highest BCUT2D eigenvalue weighted by Crippen LogP contribution is 2.12. The molecule has 3 aromatic rings. The second kappa shape index (κ2) is 5.45. The normalized spacial score (nSPS) is 11.1. The third kappa shape index (κ3) is 2.44. The van der Waals surface area contributed by atoms with Gasteiger partial charge in [-0.25, -0.2) is 13.9 Å². The van der Waals surface area contributed by atoms with Crippen molar-refractivity contribution in [2.75, 3.05) is 0 Å². The maximum Gasteiger partial charge on any atom is 0.255 e.